The van der Waals surface area contributed by atoms with Crippen LogP contribution in [-0.2, 0) is 9.53 Å². The van der Waals surface area contributed by atoms with Crippen LogP contribution in [0.4, 0.5) is 0 Å². The predicted molar refractivity (Wildman–Crippen MR) is 76.8 cm³/mol. The predicted octanol–water partition coefficient (Wildman–Crippen LogP) is 3.54. The van der Waals surface area contributed by atoms with E-state index < -0.39 is 5.60 Å². The van der Waals surface area contributed by atoms with Crippen LogP contribution in [0.25, 0.3) is 0 Å². The van der Waals surface area contributed by atoms with E-state index in [9.17, 15) is 9.90 Å². The number of unbranched alkanes of at least 4 members (excludes halogenated alkanes) is 1. The average Bonchev–Trinajstić information content (AvgIpc) is 2.39. The Morgan fingerprint density at radius 3 is 2.37 bits per heavy atom. The number of esters is 1. The quantitative estimate of drug-likeness (QED) is 0.593. The topological polar surface area (TPSA) is 46.5 Å². The zero-order valence-corrected chi connectivity index (χ0v) is 12.9. The molecule has 0 spiro atoms. The minimum Gasteiger partial charge on any atom is -0.465 e. The summed E-state index contributed by atoms with van der Waals surface area (Å²) in [5.74, 6) is 0.588. The molecule has 0 bridgehead atoms. The van der Waals surface area contributed by atoms with Crippen LogP contribution < -0.4 is 0 Å². The molecule has 0 amide bonds. The van der Waals surface area contributed by atoms with Gasteiger partial charge in [-0.3, -0.25) is 4.79 Å². The summed E-state index contributed by atoms with van der Waals surface area (Å²) in [4.78, 5) is 11.9. The fourth-order valence-electron chi connectivity index (χ4n) is 2.82. The maximum Gasteiger partial charge on any atom is 0.308 e. The first-order valence-corrected chi connectivity index (χ1v) is 7.78. The lowest BCUT2D eigenvalue weighted by Gasteiger charge is -2.40. The monoisotopic (exact) mass is 270 g/mol. The molecule has 3 heteroatoms. The molecule has 0 aromatic heterocycles. The third kappa shape index (κ3) is 4.48. The number of carbonyl (C=O) groups excluding carboxylic acids is 1. The largest absolute Gasteiger partial charge is 0.465 e. The molecule has 0 aromatic rings. The van der Waals surface area contributed by atoms with Crippen LogP contribution in [0, 0.1) is 17.8 Å². The van der Waals surface area contributed by atoms with Gasteiger partial charge in [0.25, 0.3) is 0 Å². The Morgan fingerprint density at radius 1 is 1.32 bits per heavy atom. The molecule has 1 aliphatic carbocycles. The number of aliphatic hydroxyl groups is 1. The highest BCUT2D eigenvalue weighted by atomic mass is 16.5. The van der Waals surface area contributed by atoms with Crippen molar-refractivity contribution in [3.8, 4) is 0 Å². The number of rotatable bonds is 6. The Labute approximate surface area is 117 Å². The highest BCUT2D eigenvalue weighted by Gasteiger charge is 2.38. The van der Waals surface area contributed by atoms with Crippen molar-refractivity contribution in [1.82, 2.24) is 0 Å². The van der Waals surface area contributed by atoms with Crippen LogP contribution in [0.1, 0.15) is 66.2 Å². The molecule has 1 rings (SSSR count). The van der Waals surface area contributed by atoms with Gasteiger partial charge in [-0.2, -0.15) is 0 Å². The minimum atomic E-state index is -0.614. The van der Waals surface area contributed by atoms with E-state index in [1.54, 1.807) is 0 Å². The Balaban J connectivity index is 2.38. The molecule has 112 valence electrons. The maximum atomic E-state index is 11.9. The lowest BCUT2D eigenvalue weighted by Crippen LogP contribution is -2.42. The number of carbonyl (C=O) groups is 1. The highest BCUT2D eigenvalue weighted by Crippen LogP contribution is 2.39. The van der Waals surface area contributed by atoms with Gasteiger partial charge in [-0.1, -0.05) is 27.2 Å². The summed E-state index contributed by atoms with van der Waals surface area (Å²) in [6, 6.07) is 0. The average molecular weight is 270 g/mol. The summed E-state index contributed by atoms with van der Waals surface area (Å²) < 4.78 is 5.29. The van der Waals surface area contributed by atoms with Crippen LogP contribution in [-0.4, -0.2) is 23.3 Å². The zero-order chi connectivity index (χ0) is 14.5. The van der Waals surface area contributed by atoms with E-state index in [4.69, 9.17) is 4.74 Å². The molecular weight excluding hydrogens is 240 g/mol. The first kappa shape index (κ1) is 16.5. The molecule has 1 aliphatic rings. The molecule has 0 saturated heterocycles. The molecule has 19 heavy (non-hydrogen) atoms. The summed E-state index contributed by atoms with van der Waals surface area (Å²) in [5.41, 5.74) is -0.614. The molecule has 1 fully saturated rings. The summed E-state index contributed by atoms with van der Waals surface area (Å²) in [6.45, 7) is 8.70. The second kappa shape index (κ2) is 7.28. The van der Waals surface area contributed by atoms with E-state index in [1.165, 1.54) is 0 Å². The van der Waals surface area contributed by atoms with Gasteiger partial charge < -0.3 is 9.84 Å². The van der Waals surface area contributed by atoms with Gasteiger partial charge in [0, 0.05) is 0 Å². The van der Waals surface area contributed by atoms with Crippen LogP contribution in [0.3, 0.4) is 0 Å². The second-order valence-corrected chi connectivity index (χ2v) is 6.45. The minimum absolute atomic E-state index is 0.0314. The van der Waals surface area contributed by atoms with Crippen molar-refractivity contribution in [3.63, 3.8) is 0 Å². The normalized spacial score (nSPS) is 27.1. The lowest BCUT2D eigenvalue weighted by atomic mass is 9.70. The van der Waals surface area contributed by atoms with Gasteiger partial charge in [0.2, 0.25) is 0 Å². The van der Waals surface area contributed by atoms with Crippen LogP contribution in [0.5, 0.6) is 0 Å². The summed E-state index contributed by atoms with van der Waals surface area (Å²) in [7, 11) is 0. The van der Waals surface area contributed by atoms with Gasteiger partial charge in [-0.05, 0) is 50.9 Å². The van der Waals surface area contributed by atoms with E-state index in [-0.39, 0.29) is 17.8 Å². The van der Waals surface area contributed by atoms with Gasteiger partial charge in [0.15, 0.2) is 0 Å². The first-order valence-electron chi connectivity index (χ1n) is 7.78. The third-order valence-corrected chi connectivity index (χ3v) is 4.80. The fourth-order valence-corrected chi connectivity index (χ4v) is 2.82. The van der Waals surface area contributed by atoms with Crippen LogP contribution in [0.15, 0.2) is 0 Å². The molecule has 1 N–H and O–H groups in total. The Morgan fingerprint density at radius 2 is 1.89 bits per heavy atom. The fraction of sp³-hybridized carbons (Fsp3) is 0.938. The standard InChI is InChI=1S/C16H30O3/c1-5-6-11-19-15(17)13-7-9-14(10-8-13)16(4,18)12(2)3/h12-14,18H,5-11H2,1-4H3/t13?,14?,16-/m1/s1. The van der Waals surface area contributed by atoms with Crippen LogP contribution >= 0.6 is 0 Å². The third-order valence-electron chi connectivity index (χ3n) is 4.80. The maximum absolute atomic E-state index is 11.9. The number of ether oxygens (including phenoxy) is 1. The molecule has 0 heterocycles. The first-order chi connectivity index (χ1) is 8.89. The number of hydrogen-bond acceptors (Lipinski definition) is 3. The summed E-state index contributed by atoms with van der Waals surface area (Å²) >= 11 is 0. The van der Waals surface area contributed by atoms with Crippen molar-refractivity contribution in [2.24, 2.45) is 17.8 Å². The van der Waals surface area contributed by atoms with Crippen molar-refractivity contribution in [2.45, 2.75) is 71.8 Å². The summed E-state index contributed by atoms with van der Waals surface area (Å²) in [6.07, 6.45) is 5.58. The molecular formula is C16H30O3. The Kier molecular flexibility index (Phi) is 6.31. The zero-order valence-electron chi connectivity index (χ0n) is 12.9. The van der Waals surface area contributed by atoms with E-state index in [0.29, 0.717) is 12.5 Å². The van der Waals surface area contributed by atoms with Crippen molar-refractivity contribution >= 4 is 5.97 Å². The summed E-state index contributed by atoms with van der Waals surface area (Å²) in [5, 5.41) is 10.5. The SMILES string of the molecule is CCCCOC(=O)C1CCC([C@](C)(O)C(C)C)CC1. The van der Waals surface area contributed by atoms with E-state index in [0.717, 1.165) is 38.5 Å². The van der Waals surface area contributed by atoms with Crippen molar-refractivity contribution in [3.05, 3.63) is 0 Å². The molecule has 1 saturated carbocycles. The molecule has 0 aliphatic heterocycles. The van der Waals surface area contributed by atoms with Gasteiger partial charge in [0.05, 0.1) is 18.1 Å². The van der Waals surface area contributed by atoms with E-state index >= 15 is 0 Å². The highest BCUT2D eigenvalue weighted by molar-refractivity contribution is 5.72. The molecule has 3 nitrogen and oxygen atoms in total. The molecule has 0 aromatic carbocycles. The Hall–Kier alpha value is -0.570. The van der Waals surface area contributed by atoms with E-state index in [1.807, 2.05) is 6.92 Å². The Bertz CT molecular complexity index is 276. The van der Waals surface area contributed by atoms with Crippen LogP contribution in [0.2, 0.25) is 0 Å². The lowest BCUT2D eigenvalue weighted by molar-refractivity contribution is -0.151. The van der Waals surface area contributed by atoms with Gasteiger partial charge in [-0.15, -0.1) is 0 Å². The molecule has 0 radical (unpaired) electrons. The molecule has 1 atom stereocenters. The van der Waals surface area contributed by atoms with Gasteiger partial charge >= 0.3 is 5.97 Å². The van der Waals surface area contributed by atoms with Crippen molar-refractivity contribution in [1.29, 1.82) is 0 Å². The van der Waals surface area contributed by atoms with Crippen molar-refractivity contribution < 1.29 is 14.6 Å². The smallest absolute Gasteiger partial charge is 0.308 e. The molecule has 0 unspecified atom stereocenters. The van der Waals surface area contributed by atoms with Gasteiger partial charge in [-0.25, -0.2) is 0 Å². The van der Waals surface area contributed by atoms with Crippen molar-refractivity contribution in [2.75, 3.05) is 6.61 Å². The van der Waals surface area contributed by atoms with E-state index in [2.05, 4.69) is 20.8 Å². The number of hydrogen-bond donors (Lipinski definition) is 1. The second-order valence-electron chi connectivity index (χ2n) is 6.45. The van der Waals surface area contributed by atoms with Gasteiger partial charge in [0.1, 0.15) is 0 Å².